The van der Waals surface area contributed by atoms with E-state index < -0.39 is 0 Å². The monoisotopic (exact) mass is 362 g/mol. The maximum absolute atomic E-state index is 5.80. The predicted molar refractivity (Wildman–Crippen MR) is 99.8 cm³/mol. The van der Waals surface area contributed by atoms with Crippen LogP contribution in [0, 0.1) is 0 Å². The molecule has 0 spiro atoms. The first-order valence-corrected chi connectivity index (χ1v) is 10.7. The summed E-state index contributed by atoms with van der Waals surface area (Å²) >= 11 is 0. The second-order valence-corrected chi connectivity index (χ2v) is 8.17. The van der Waals surface area contributed by atoms with Gasteiger partial charge in [-0.3, -0.25) is 9.80 Å². The summed E-state index contributed by atoms with van der Waals surface area (Å²) in [7, 11) is 0. The van der Waals surface area contributed by atoms with Gasteiger partial charge >= 0.3 is 0 Å². The Labute approximate surface area is 157 Å². The molecule has 26 heavy (non-hydrogen) atoms. The summed E-state index contributed by atoms with van der Waals surface area (Å²) in [4.78, 5) is 5.34. The van der Waals surface area contributed by atoms with Crippen molar-refractivity contribution in [3.05, 3.63) is 5.82 Å². The van der Waals surface area contributed by atoms with Crippen molar-refractivity contribution in [2.24, 2.45) is 0 Å². The van der Waals surface area contributed by atoms with E-state index >= 15 is 0 Å². The number of ether oxygens (including phenoxy) is 1. The van der Waals surface area contributed by atoms with Crippen molar-refractivity contribution in [2.75, 3.05) is 32.8 Å². The van der Waals surface area contributed by atoms with E-state index in [1.54, 1.807) is 0 Å². The highest BCUT2D eigenvalue weighted by molar-refractivity contribution is 4.96. The van der Waals surface area contributed by atoms with Crippen molar-refractivity contribution >= 4 is 0 Å². The lowest BCUT2D eigenvalue weighted by Gasteiger charge is -2.41. The van der Waals surface area contributed by atoms with Gasteiger partial charge in [-0.25, -0.2) is 4.68 Å². The molecule has 1 aliphatic carbocycles. The molecule has 4 rings (SSSR count). The van der Waals surface area contributed by atoms with E-state index in [4.69, 9.17) is 4.74 Å². The number of rotatable bonds is 7. The zero-order valence-corrected chi connectivity index (χ0v) is 16.2. The van der Waals surface area contributed by atoms with Crippen LogP contribution in [0.2, 0.25) is 0 Å². The summed E-state index contributed by atoms with van der Waals surface area (Å²) in [6.45, 7) is 8.59. The lowest BCUT2D eigenvalue weighted by molar-refractivity contribution is 0.0589. The van der Waals surface area contributed by atoms with Gasteiger partial charge in [-0.1, -0.05) is 26.2 Å². The minimum absolute atomic E-state index is 0.277. The van der Waals surface area contributed by atoms with Crippen molar-refractivity contribution in [3.8, 4) is 0 Å². The van der Waals surface area contributed by atoms with Crippen LogP contribution in [0.3, 0.4) is 0 Å². The fourth-order valence-electron chi connectivity index (χ4n) is 4.99. The molecule has 1 aromatic heterocycles. The van der Waals surface area contributed by atoms with E-state index in [2.05, 4.69) is 32.2 Å². The average Bonchev–Trinajstić information content (AvgIpc) is 3.43. The molecule has 0 N–H and O–H groups in total. The van der Waals surface area contributed by atoms with Gasteiger partial charge in [-0.05, 0) is 42.5 Å². The fourth-order valence-corrected chi connectivity index (χ4v) is 4.99. The number of aromatic nitrogens is 4. The van der Waals surface area contributed by atoms with Crippen LogP contribution < -0.4 is 0 Å². The topological polar surface area (TPSA) is 59.3 Å². The first-order valence-electron chi connectivity index (χ1n) is 10.7. The highest BCUT2D eigenvalue weighted by Gasteiger charge is 2.32. The van der Waals surface area contributed by atoms with Gasteiger partial charge in [0.2, 0.25) is 0 Å². The molecule has 2 saturated heterocycles. The molecule has 146 valence electrons. The second kappa shape index (κ2) is 8.76. The van der Waals surface area contributed by atoms with Gasteiger partial charge in [0.1, 0.15) is 0 Å². The highest BCUT2D eigenvalue weighted by atomic mass is 16.5. The van der Waals surface area contributed by atoms with E-state index in [-0.39, 0.29) is 6.10 Å². The smallest absolute Gasteiger partial charge is 0.168 e. The Bertz CT molecular complexity index is 544. The van der Waals surface area contributed by atoms with Crippen LogP contribution in [0.1, 0.15) is 70.2 Å². The molecule has 1 saturated carbocycles. The summed E-state index contributed by atoms with van der Waals surface area (Å²) < 4.78 is 7.81. The molecule has 3 heterocycles. The van der Waals surface area contributed by atoms with E-state index in [0.29, 0.717) is 6.04 Å². The molecule has 0 aromatic carbocycles. The van der Waals surface area contributed by atoms with Crippen LogP contribution in [-0.2, 0) is 11.3 Å². The summed E-state index contributed by atoms with van der Waals surface area (Å²) in [5, 5.41) is 12.7. The summed E-state index contributed by atoms with van der Waals surface area (Å²) in [5.41, 5.74) is 0. The van der Waals surface area contributed by atoms with Crippen LogP contribution in [0.4, 0.5) is 0 Å². The molecule has 1 aromatic rings. The average molecular weight is 363 g/mol. The summed E-state index contributed by atoms with van der Waals surface area (Å²) in [6, 6.07) is 1.17. The van der Waals surface area contributed by atoms with Crippen LogP contribution >= 0.6 is 0 Å². The minimum atomic E-state index is 0.277. The molecule has 7 nitrogen and oxygen atoms in total. The molecular formula is C19H34N6O. The third-order valence-electron chi connectivity index (χ3n) is 6.45. The molecule has 2 atom stereocenters. The summed E-state index contributed by atoms with van der Waals surface area (Å²) in [6.07, 6.45) is 10.5. The summed E-state index contributed by atoms with van der Waals surface area (Å²) in [5.74, 6) is 1.04. The van der Waals surface area contributed by atoms with Crippen molar-refractivity contribution in [2.45, 2.75) is 83.0 Å². The van der Waals surface area contributed by atoms with E-state index in [1.807, 2.05) is 4.68 Å². The van der Waals surface area contributed by atoms with Crippen molar-refractivity contribution in [1.29, 1.82) is 0 Å². The third kappa shape index (κ3) is 4.10. The highest BCUT2D eigenvalue weighted by Crippen LogP contribution is 2.29. The van der Waals surface area contributed by atoms with Gasteiger partial charge in [0.15, 0.2) is 5.82 Å². The first kappa shape index (κ1) is 18.3. The van der Waals surface area contributed by atoms with Crippen LogP contribution in [-0.4, -0.2) is 74.9 Å². The van der Waals surface area contributed by atoms with E-state index in [0.717, 1.165) is 63.8 Å². The number of tetrazole rings is 1. The third-order valence-corrected chi connectivity index (χ3v) is 6.45. The van der Waals surface area contributed by atoms with Gasteiger partial charge in [-0.2, -0.15) is 0 Å². The normalized spacial score (nSPS) is 27.3. The molecule has 3 fully saturated rings. The Hall–Kier alpha value is -1.05. The fraction of sp³-hybridized carbons (Fsp3) is 0.947. The second-order valence-electron chi connectivity index (χ2n) is 8.17. The lowest BCUT2D eigenvalue weighted by Crippen LogP contribution is -2.50. The van der Waals surface area contributed by atoms with Crippen LogP contribution in [0.25, 0.3) is 0 Å². The first-order chi connectivity index (χ1) is 12.8. The van der Waals surface area contributed by atoms with Gasteiger partial charge in [0.05, 0.1) is 18.7 Å². The van der Waals surface area contributed by atoms with E-state index in [1.165, 1.54) is 38.8 Å². The Morgan fingerprint density at radius 3 is 2.58 bits per heavy atom. The van der Waals surface area contributed by atoms with Crippen molar-refractivity contribution < 1.29 is 4.74 Å². The van der Waals surface area contributed by atoms with Gasteiger partial charge in [0, 0.05) is 38.8 Å². The molecule has 3 aliphatic rings. The SMILES string of the molecule is CCCC(c1nnnn1CC1CCCO1)N1CCN(C2CCCC2)CC1. The molecule has 2 unspecified atom stereocenters. The lowest BCUT2D eigenvalue weighted by atomic mass is 10.1. The molecule has 7 heteroatoms. The Morgan fingerprint density at radius 1 is 1.08 bits per heavy atom. The standard InChI is InChI=1S/C19H34N6O/c1-2-6-18(19-20-21-22-25(19)15-17-9-5-14-26-17)24-12-10-23(11-13-24)16-7-3-4-8-16/h16-18H,2-15H2,1H3. The Kier molecular flexibility index (Phi) is 6.17. The van der Waals surface area contributed by atoms with Gasteiger partial charge in [-0.15, -0.1) is 5.10 Å². The van der Waals surface area contributed by atoms with Crippen molar-refractivity contribution in [1.82, 2.24) is 30.0 Å². The predicted octanol–water partition coefficient (Wildman–Crippen LogP) is 2.25. The maximum Gasteiger partial charge on any atom is 0.168 e. The number of piperazine rings is 1. The molecule has 0 radical (unpaired) electrons. The van der Waals surface area contributed by atoms with Crippen LogP contribution in [0.15, 0.2) is 0 Å². The quantitative estimate of drug-likeness (QED) is 0.741. The maximum atomic E-state index is 5.80. The zero-order valence-electron chi connectivity index (χ0n) is 16.2. The Morgan fingerprint density at radius 2 is 1.88 bits per heavy atom. The van der Waals surface area contributed by atoms with Crippen LogP contribution in [0.5, 0.6) is 0 Å². The molecular weight excluding hydrogens is 328 g/mol. The largest absolute Gasteiger partial charge is 0.376 e. The number of hydrogen-bond donors (Lipinski definition) is 0. The molecule has 2 aliphatic heterocycles. The van der Waals surface area contributed by atoms with Gasteiger partial charge < -0.3 is 4.74 Å². The molecule has 0 amide bonds. The van der Waals surface area contributed by atoms with E-state index in [9.17, 15) is 0 Å². The minimum Gasteiger partial charge on any atom is -0.376 e. The zero-order chi connectivity index (χ0) is 17.8. The molecule has 0 bridgehead atoms. The number of hydrogen-bond acceptors (Lipinski definition) is 6. The Balaban J connectivity index is 1.40. The van der Waals surface area contributed by atoms with Gasteiger partial charge in [0.25, 0.3) is 0 Å². The number of nitrogens with zero attached hydrogens (tertiary/aromatic N) is 6. The van der Waals surface area contributed by atoms with Crippen molar-refractivity contribution in [3.63, 3.8) is 0 Å².